The average molecular weight is 634 g/mol. The summed E-state index contributed by atoms with van der Waals surface area (Å²) < 4.78 is 12.2. The van der Waals surface area contributed by atoms with Gasteiger partial charge in [0.1, 0.15) is 36.2 Å². The van der Waals surface area contributed by atoms with E-state index in [4.69, 9.17) is 9.47 Å². The monoisotopic (exact) mass is 633 g/mol. The van der Waals surface area contributed by atoms with Gasteiger partial charge in [0.2, 0.25) is 17.7 Å². The molecule has 2 bridgehead atoms. The van der Waals surface area contributed by atoms with Crippen LogP contribution in [0, 0.1) is 0 Å². The van der Waals surface area contributed by atoms with Crippen LogP contribution in [0.1, 0.15) is 52.5 Å². The number of likely N-dealkylation sites (tertiary alicyclic amines) is 1. The Hall–Kier alpha value is -4.38. The SMILES string of the molecule is CC(C)=CCCN1CCC2(CC1)Oc1ccc(cc1)OCCNC(=O)[C@H](C)NC(=O)[C@H](Cc1ccccc1)NC(=O)[C@H](C)NC2=O. The smallest absolute Gasteiger partial charge is 0.264 e. The molecule has 0 aliphatic carbocycles. The van der Waals surface area contributed by atoms with E-state index in [2.05, 4.69) is 46.1 Å². The lowest BCUT2D eigenvalue weighted by Gasteiger charge is -2.41. The van der Waals surface area contributed by atoms with Crippen molar-refractivity contribution in [3.63, 3.8) is 0 Å². The van der Waals surface area contributed by atoms with E-state index in [1.807, 2.05) is 30.3 Å². The molecule has 4 amide bonds. The minimum atomic E-state index is -1.19. The number of fused-ring (bicyclic) bond motifs is 15. The molecule has 0 radical (unpaired) electrons. The predicted octanol–water partition coefficient (Wildman–Crippen LogP) is 2.50. The second-order valence-electron chi connectivity index (χ2n) is 12.3. The molecule has 3 aliphatic rings. The highest BCUT2D eigenvalue weighted by Crippen LogP contribution is 2.31. The summed E-state index contributed by atoms with van der Waals surface area (Å²) in [6.45, 7) is 9.98. The quantitative estimate of drug-likeness (QED) is 0.293. The van der Waals surface area contributed by atoms with Crippen LogP contribution in [0.5, 0.6) is 11.5 Å². The highest BCUT2D eigenvalue weighted by molar-refractivity contribution is 5.95. The molecular formula is C35H47N5O6. The van der Waals surface area contributed by atoms with E-state index in [-0.39, 0.29) is 31.4 Å². The summed E-state index contributed by atoms with van der Waals surface area (Å²) >= 11 is 0. The first kappa shape index (κ1) is 34.5. The minimum absolute atomic E-state index is 0.201. The van der Waals surface area contributed by atoms with Crippen molar-refractivity contribution in [1.82, 2.24) is 26.2 Å². The van der Waals surface area contributed by atoms with Crippen LogP contribution in [0.2, 0.25) is 0 Å². The van der Waals surface area contributed by atoms with Crippen molar-refractivity contribution >= 4 is 23.6 Å². The molecule has 2 aromatic rings. The maximum atomic E-state index is 14.0. The fraction of sp³-hybridized carbons (Fsp3) is 0.486. The van der Waals surface area contributed by atoms with E-state index >= 15 is 0 Å². The van der Waals surface area contributed by atoms with Gasteiger partial charge in [-0.15, -0.1) is 0 Å². The van der Waals surface area contributed by atoms with Gasteiger partial charge in [0.25, 0.3) is 5.91 Å². The van der Waals surface area contributed by atoms with E-state index in [0.717, 1.165) is 18.5 Å². The van der Waals surface area contributed by atoms with Crippen LogP contribution in [0.3, 0.4) is 0 Å². The average Bonchev–Trinajstić information content (AvgIpc) is 3.04. The number of ether oxygens (including phenoxy) is 2. The van der Waals surface area contributed by atoms with E-state index in [9.17, 15) is 19.2 Å². The normalized spacial score (nSPS) is 23.2. The van der Waals surface area contributed by atoms with Crippen LogP contribution in [-0.4, -0.2) is 85.0 Å². The number of hydrogen-bond acceptors (Lipinski definition) is 7. The summed E-state index contributed by atoms with van der Waals surface area (Å²) in [5, 5.41) is 11.1. The van der Waals surface area contributed by atoms with Crippen molar-refractivity contribution in [1.29, 1.82) is 0 Å². The predicted molar refractivity (Wildman–Crippen MR) is 175 cm³/mol. The van der Waals surface area contributed by atoms with Crippen molar-refractivity contribution in [3.8, 4) is 11.5 Å². The summed E-state index contributed by atoms with van der Waals surface area (Å²) in [4.78, 5) is 55.8. The standard InChI is InChI=1S/C35H47N5O6/c1-24(2)9-8-19-40-20-16-35(17-21-40)34(44)38-26(4)32(42)39-30(23-27-10-6-5-7-11-27)33(43)37-25(3)31(41)36-18-22-45-28-12-14-29(46-35)15-13-28/h5-7,9-15,25-26,30H,8,16-23H2,1-4H3,(H,36,41)(H,37,43)(H,38,44)(H,39,42)/t25-,26-,30-/m0/s1. The summed E-state index contributed by atoms with van der Waals surface area (Å²) in [5.41, 5.74) is 0.914. The minimum Gasteiger partial charge on any atom is -0.492 e. The molecule has 46 heavy (non-hydrogen) atoms. The number of nitrogens with one attached hydrogen (secondary N) is 4. The molecule has 3 aliphatic heterocycles. The Labute approximate surface area is 271 Å². The van der Waals surface area contributed by atoms with Gasteiger partial charge >= 0.3 is 0 Å². The Bertz CT molecular complexity index is 1370. The van der Waals surface area contributed by atoms with Crippen LogP contribution in [0.4, 0.5) is 0 Å². The van der Waals surface area contributed by atoms with Gasteiger partial charge in [0.15, 0.2) is 5.60 Å². The Morgan fingerprint density at radius 3 is 2.17 bits per heavy atom. The lowest BCUT2D eigenvalue weighted by molar-refractivity contribution is -0.144. The highest BCUT2D eigenvalue weighted by Gasteiger charge is 2.44. The number of nitrogens with zero attached hydrogens (tertiary/aromatic N) is 1. The third-order valence-electron chi connectivity index (χ3n) is 8.29. The molecule has 2 aromatic carbocycles. The van der Waals surface area contributed by atoms with Gasteiger partial charge in [-0.05, 0) is 63.9 Å². The molecule has 11 nitrogen and oxygen atoms in total. The highest BCUT2D eigenvalue weighted by atomic mass is 16.5. The number of carbonyl (C=O) groups is 4. The first-order chi connectivity index (χ1) is 22.0. The molecule has 3 heterocycles. The lowest BCUT2D eigenvalue weighted by Crippen LogP contribution is -2.61. The van der Waals surface area contributed by atoms with E-state index in [1.54, 1.807) is 38.1 Å². The number of amides is 4. The molecule has 0 aromatic heterocycles. The molecule has 0 unspecified atom stereocenters. The molecule has 1 saturated heterocycles. The first-order valence-electron chi connectivity index (χ1n) is 16.1. The van der Waals surface area contributed by atoms with E-state index in [1.165, 1.54) is 5.57 Å². The zero-order chi connectivity index (χ0) is 33.1. The van der Waals surface area contributed by atoms with Crippen LogP contribution >= 0.6 is 0 Å². The van der Waals surface area contributed by atoms with Crippen molar-refractivity contribution < 1.29 is 28.7 Å². The van der Waals surface area contributed by atoms with Crippen LogP contribution in [0.15, 0.2) is 66.2 Å². The molecule has 1 fully saturated rings. The number of rotatable bonds is 5. The first-order valence-corrected chi connectivity index (χ1v) is 16.1. The van der Waals surface area contributed by atoms with Gasteiger partial charge in [-0.1, -0.05) is 42.0 Å². The molecule has 248 valence electrons. The summed E-state index contributed by atoms with van der Waals surface area (Å²) in [6, 6.07) is 13.5. The number of hydrogen-bond donors (Lipinski definition) is 4. The summed E-state index contributed by atoms with van der Waals surface area (Å²) in [5.74, 6) is -0.708. The number of piperidine rings is 1. The Balaban J connectivity index is 1.56. The zero-order valence-corrected chi connectivity index (χ0v) is 27.3. The van der Waals surface area contributed by atoms with Crippen molar-refractivity contribution in [2.24, 2.45) is 0 Å². The Kier molecular flexibility index (Phi) is 12.2. The largest absolute Gasteiger partial charge is 0.492 e. The van der Waals surface area contributed by atoms with Gasteiger partial charge in [0.05, 0.1) is 6.54 Å². The Morgan fingerprint density at radius 1 is 0.848 bits per heavy atom. The molecule has 3 atom stereocenters. The number of allylic oxidation sites excluding steroid dienone is 1. The maximum Gasteiger partial charge on any atom is 0.264 e. The van der Waals surface area contributed by atoms with E-state index in [0.29, 0.717) is 37.4 Å². The van der Waals surface area contributed by atoms with Crippen molar-refractivity contribution in [2.75, 3.05) is 32.8 Å². The molecule has 5 rings (SSSR count). The topological polar surface area (TPSA) is 138 Å². The van der Waals surface area contributed by atoms with Crippen LogP contribution in [-0.2, 0) is 25.6 Å². The summed E-state index contributed by atoms with van der Waals surface area (Å²) in [7, 11) is 0. The zero-order valence-electron chi connectivity index (χ0n) is 27.3. The van der Waals surface area contributed by atoms with Gasteiger partial charge in [-0.25, -0.2) is 0 Å². The number of benzene rings is 2. The van der Waals surface area contributed by atoms with Crippen molar-refractivity contribution in [2.45, 2.75) is 77.1 Å². The van der Waals surface area contributed by atoms with Crippen LogP contribution in [0.25, 0.3) is 0 Å². The van der Waals surface area contributed by atoms with Gasteiger partial charge in [-0.3, -0.25) is 19.2 Å². The summed E-state index contributed by atoms with van der Waals surface area (Å²) in [6.07, 6.45) is 4.22. The van der Waals surface area contributed by atoms with Crippen LogP contribution < -0.4 is 30.7 Å². The maximum absolute atomic E-state index is 14.0. The second-order valence-corrected chi connectivity index (χ2v) is 12.3. The molecule has 0 saturated carbocycles. The van der Waals surface area contributed by atoms with E-state index < -0.39 is 35.5 Å². The number of carbonyl (C=O) groups excluding carboxylic acids is 4. The third-order valence-corrected chi connectivity index (χ3v) is 8.29. The molecular weight excluding hydrogens is 586 g/mol. The third kappa shape index (κ3) is 9.81. The lowest BCUT2D eigenvalue weighted by atomic mass is 9.89. The molecule has 1 spiro atoms. The van der Waals surface area contributed by atoms with Gasteiger partial charge in [0, 0.05) is 38.9 Å². The molecule has 4 N–H and O–H groups in total. The van der Waals surface area contributed by atoms with Gasteiger partial charge < -0.3 is 35.6 Å². The Morgan fingerprint density at radius 2 is 1.50 bits per heavy atom. The fourth-order valence-electron chi connectivity index (χ4n) is 5.50. The van der Waals surface area contributed by atoms with Gasteiger partial charge in [-0.2, -0.15) is 0 Å². The van der Waals surface area contributed by atoms with Crippen molar-refractivity contribution in [3.05, 3.63) is 71.8 Å². The fourth-order valence-corrected chi connectivity index (χ4v) is 5.50. The second kappa shape index (κ2) is 16.3. The molecule has 11 heteroatoms.